The first-order valence-electron chi connectivity index (χ1n) is 5.52. The fourth-order valence-corrected chi connectivity index (χ4v) is 1.87. The van der Waals surface area contributed by atoms with Gasteiger partial charge in [0.05, 0.1) is 0 Å². The van der Waals surface area contributed by atoms with Gasteiger partial charge in [-0.05, 0) is 36.8 Å². The summed E-state index contributed by atoms with van der Waals surface area (Å²) in [5, 5.41) is 0. The lowest BCUT2D eigenvalue weighted by Gasteiger charge is -2.06. The quantitative estimate of drug-likeness (QED) is 0.637. The van der Waals surface area contributed by atoms with Crippen LogP contribution in [0.4, 0.5) is 11.4 Å². The molecule has 0 saturated heterocycles. The largest absolute Gasteiger partial charge is 0.434 e. The van der Waals surface area contributed by atoms with Crippen LogP contribution in [-0.4, -0.2) is 9.97 Å². The molecule has 1 aromatic carbocycles. The van der Waals surface area contributed by atoms with E-state index in [1.165, 1.54) is 0 Å². The third kappa shape index (κ3) is 1.57. The first-order valence-corrected chi connectivity index (χ1v) is 5.52. The summed E-state index contributed by atoms with van der Waals surface area (Å²) in [6.45, 7) is 1.91. The SMILES string of the molecule is Cc1c(N)cc(N)cc1-c1nc2ncccc2o1. The van der Waals surface area contributed by atoms with Gasteiger partial charge in [0.25, 0.3) is 0 Å². The van der Waals surface area contributed by atoms with Crippen molar-refractivity contribution in [1.29, 1.82) is 0 Å². The van der Waals surface area contributed by atoms with Gasteiger partial charge in [-0.15, -0.1) is 0 Å². The topological polar surface area (TPSA) is 91.0 Å². The second-order valence-electron chi connectivity index (χ2n) is 4.13. The van der Waals surface area contributed by atoms with Crippen molar-refractivity contribution in [2.75, 3.05) is 11.5 Å². The van der Waals surface area contributed by atoms with E-state index >= 15 is 0 Å². The molecule has 5 nitrogen and oxygen atoms in total. The molecule has 3 rings (SSSR count). The molecule has 0 aliphatic carbocycles. The predicted octanol–water partition coefficient (Wildman–Crippen LogP) is 2.36. The van der Waals surface area contributed by atoms with Gasteiger partial charge in [-0.2, -0.15) is 4.98 Å². The highest BCUT2D eigenvalue weighted by Crippen LogP contribution is 2.30. The average Bonchev–Trinajstić information content (AvgIpc) is 2.77. The summed E-state index contributed by atoms with van der Waals surface area (Å²) in [6, 6.07) is 7.15. The molecule has 0 aliphatic rings. The average molecular weight is 240 g/mol. The molecule has 0 spiro atoms. The van der Waals surface area contributed by atoms with Crippen LogP contribution < -0.4 is 11.5 Å². The molecule has 5 heteroatoms. The molecule has 0 bridgehead atoms. The number of nitrogens with zero attached hydrogens (tertiary/aromatic N) is 2. The normalized spacial score (nSPS) is 10.9. The Hall–Kier alpha value is -2.56. The minimum Gasteiger partial charge on any atom is -0.434 e. The van der Waals surface area contributed by atoms with Crippen molar-refractivity contribution in [1.82, 2.24) is 9.97 Å². The second-order valence-corrected chi connectivity index (χ2v) is 4.13. The molecular formula is C13H12N4O. The third-order valence-corrected chi connectivity index (χ3v) is 2.87. The van der Waals surface area contributed by atoms with E-state index in [2.05, 4.69) is 9.97 Å². The molecule has 2 heterocycles. The van der Waals surface area contributed by atoms with E-state index in [-0.39, 0.29) is 0 Å². The molecule has 0 fully saturated rings. The number of rotatable bonds is 1. The van der Waals surface area contributed by atoms with Gasteiger partial charge in [-0.1, -0.05) is 0 Å². The fourth-order valence-electron chi connectivity index (χ4n) is 1.87. The summed E-state index contributed by atoms with van der Waals surface area (Å²) >= 11 is 0. The van der Waals surface area contributed by atoms with Crippen LogP contribution in [0, 0.1) is 6.92 Å². The summed E-state index contributed by atoms with van der Waals surface area (Å²) in [4.78, 5) is 8.47. The molecule has 0 aliphatic heterocycles. The summed E-state index contributed by atoms with van der Waals surface area (Å²) in [5.41, 5.74) is 15.8. The maximum Gasteiger partial charge on any atom is 0.229 e. The maximum absolute atomic E-state index is 5.89. The second kappa shape index (κ2) is 3.73. The van der Waals surface area contributed by atoms with Gasteiger partial charge in [0.2, 0.25) is 5.89 Å². The molecule has 0 amide bonds. The van der Waals surface area contributed by atoms with Gasteiger partial charge in [0.1, 0.15) is 0 Å². The van der Waals surface area contributed by atoms with Gasteiger partial charge < -0.3 is 15.9 Å². The highest BCUT2D eigenvalue weighted by molar-refractivity contribution is 5.77. The number of fused-ring (bicyclic) bond motifs is 1. The van der Waals surface area contributed by atoms with E-state index < -0.39 is 0 Å². The maximum atomic E-state index is 5.89. The van der Waals surface area contributed by atoms with Crippen LogP contribution in [0.15, 0.2) is 34.9 Å². The standard InChI is InChI=1S/C13H12N4O/c1-7-9(5-8(14)6-10(7)15)13-17-12-11(18-13)3-2-4-16-12/h2-6H,14-15H2,1H3. The Morgan fingerprint density at radius 2 is 2.06 bits per heavy atom. The monoisotopic (exact) mass is 240 g/mol. The molecule has 0 unspecified atom stereocenters. The molecule has 90 valence electrons. The predicted molar refractivity (Wildman–Crippen MR) is 70.8 cm³/mol. The molecule has 0 atom stereocenters. The molecule has 3 aromatic rings. The van der Waals surface area contributed by atoms with Crippen LogP contribution in [0.25, 0.3) is 22.7 Å². The highest BCUT2D eigenvalue weighted by Gasteiger charge is 2.13. The van der Waals surface area contributed by atoms with Crippen LogP contribution >= 0.6 is 0 Å². The number of hydrogen-bond donors (Lipinski definition) is 2. The van der Waals surface area contributed by atoms with E-state index in [0.29, 0.717) is 28.5 Å². The fraction of sp³-hybridized carbons (Fsp3) is 0.0769. The zero-order chi connectivity index (χ0) is 12.7. The Balaban J connectivity index is 2.26. The summed E-state index contributed by atoms with van der Waals surface area (Å²) < 4.78 is 5.66. The van der Waals surface area contributed by atoms with E-state index in [9.17, 15) is 0 Å². The van der Waals surface area contributed by atoms with Gasteiger partial charge >= 0.3 is 0 Å². The lowest BCUT2D eigenvalue weighted by Crippen LogP contribution is -1.96. The molecular weight excluding hydrogens is 228 g/mol. The Bertz CT molecular complexity index is 700. The van der Waals surface area contributed by atoms with Gasteiger partial charge in [-0.3, -0.25) is 0 Å². The minimum atomic E-state index is 0.486. The Kier molecular flexibility index (Phi) is 2.19. The highest BCUT2D eigenvalue weighted by atomic mass is 16.3. The number of nitrogens with two attached hydrogens (primary N) is 2. The van der Waals surface area contributed by atoms with E-state index in [1.807, 2.05) is 13.0 Å². The summed E-state index contributed by atoms with van der Waals surface area (Å²) in [7, 11) is 0. The smallest absolute Gasteiger partial charge is 0.229 e. The number of pyridine rings is 1. The van der Waals surface area contributed by atoms with Gasteiger partial charge in [0, 0.05) is 23.1 Å². The van der Waals surface area contributed by atoms with Crippen molar-refractivity contribution in [2.45, 2.75) is 6.92 Å². The van der Waals surface area contributed by atoms with Crippen LogP contribution in [0.5, 0.6) is 0 Å². The number of benzene rings is 1. The number of aromatic nitrogens is 2. The van der Waals surface area contributed by atoms with Crippen LogP contribution in [0.3, 0.4) is 0 Å². The van der Waals surface area contributed by atoms with Crippen molar-refractivity contribution < 1.29 is 4.42 Å². The van der Waals surface area contributed by atoms with Crippen molar-refractivity contribution in [3.63, 3.8) is 0 Å². The number of anilines is 2. The van der Waals surface area contributed by atoms with E-state index in [4.69, 9.17) is 15.9 Å². The van der Waals surface area contributed by atoms with Gasteiger partial charge in [0.15, 0.2) is 11.2 Å². The molecule has 0 saturated carbocycles. The summed E-state index contributed by atoms with van der Waals surface area (Å²) in [5.74, 6) is 0.486. The Morgan fingerprint density at radius 3 is 2.83 bits per heavy atom. The first kappa shape index (κ1) is 10.6. The van der Waals surface area contributed by atoms with E-state index in [1.54, 1.807) is 24.4 Å². The zero-order valence-electron chi connectivity index (χ0n) is 9.84. The molecule has 0 radical (unpaired) electrons. The number of hydrogen-bond acceptors (Lipinski definition) is 5. The van der Waals surface area contributed by atoms with Crippen molar-refractivity contribution in [3.8, 4) is 11.5 Å². The van der Waals surface area contributed by atoms with Crippen molar-refractivity contribution in [2.24, 2.45) is 0 Å². The molecule has 2 aromatic heterocycles. The van der Waals surface area contributed by atoms with Gasteiger partial charge in [-0.25, -0.2) is 4.98 Å². The van der Waals surface area contributed by atoms with Crippen molar-refractivity contribution >= 4 is 22.6 Å². The third-order valence-electron chi connectivity index (χ3n) is 2.87. The lowest BCUT2D eigenvalue weighted by molar-refractivity contribution is 0.619. The molecule has 4 N–H and O–H groups in total. The van der Waals surface area contributed by atoms with E-state index in [0.717, 1.165) is 11.1 Å². The summed E-state index contributed by atoms with van der Waals surface area (Å²) in [6.07, 6.45) is 1.68. The van der Waals surface area contributed by atoms with Crippen LogP contribution in [0.1, 0.15) is 5.56 Å². The number of oxazole rings is 1. The Labute approximate surface area is 103 Å². The first-order chi connectivity index (χ1) is 8.65. The molecule has 18 heavy (non-hydrogen) atoms. The van der Waals surface area contributed by atoms with Crippen LogP contribution in [-0.2, 0) is 0 Å². The zero-order valence-corrected chi connectivity index (χ0v) is 9.84. The van der Waals surface area contributed by atoms with Crippen molar-refractivity contribution in [3.05, 3.63) is 36.0 Å². The lowest BCUT2D eigenvalue weighted by atomic mass is 10.1. The number of nitrogen functional groups attached to an aromatic ring is 2. The minimum absolute atomic E-state index is 0.486. The van der Waals surface area contributed by atoms with Crippen LogP contribution in [0.2, 0.25) is 0 Å². The Morgan fingerprint density at radius 1 is 1.22 bits per heavy atom.